The molecule has 2 aromatic heterocycles. The number of fused-ring (bicyclic) bond motifs is 1. The summed E-state index contributed by atoms with van der Waals surface area (Å²) in [6, 6.07) is 8.17. The van der Waals surface area contributed by atoms with Crippen molar-refractivity contribution in [2.24, 2.45) is 0 Å². The number of hydrogen-bond acceptors (Lipinski definition) is 6. The van der Waals surface area contributed by atoms with Crippen molar-refractivity contribution in [1.29, 1.82) is 0 Å². The molecule has 8 heteroatoms. The number of ether oxygens (including phenoxy) is 1. The number of carbonyl (C=O) groups is 2. The summed E-state index contributed by atoms with van der Waals surface area (Å²) in [5, 5.41) is 3.77. The number of rotatable bonds is 7. The third-order valence-electron chi connectivity index (χ3n) is 4.04. The maximum Gasteiger partial charge on any atom is 0.336 e. The fourth-order valence-corrected chi connectivity index (χ4v) is 3.82. The van der Waals surface area contributed by atoms with Crippen LogP contribution < -0.4 is 15.7 Å². The number of halogens is 1. The average Bonchev–Trinajstić information content (AvgIpc) is 3.09. The molecule has 2 heterocycles. The SMILES string of the molecule is CC(=O)NCCc1ccc(C(=O)COc2cc3oc(=O)cc(C)c3cc2Cl)s1. The second-order valence-corrected chi connectivity index (χ2v) is 7.81. The van der Waals surface area contributed by atoms with E-state index in [0.717, 1.165) is 10.4 Å². The second-order valence-electron chi connectivity index (χ2n) is 6.24. The highest BCUT2D eigenvalue weighted by molar-refractivity contribution is 7.14. The molecule has 0 unspecified atom stereocenters. The summed E-state index contributed by atoms with van der Waals surface area (Å²) in [7, 11) is 0. The zero-order valence-corrected chi connectivity index (χ0v) is 16.9. The van der Waals surface area contributed by atoms with E-state index in [2.05, 4.69) is 5.32 Å². The first-order valence-corrected chi connectivity index (χ1v) is 9.76. The lowest BCUT2D eigenvalue weighted by Gasteiger charge is -2.09. The standard InChI is InChI=1S/C20H18ClNO5S/c1-11-7-20(25)27-17-9-18(15(21)8-14(11)17)26-10-16(24)19-4-3-13(28-19)5-6-22-12(2)23/h3-4,7-9H,5-6,10H2,1-2H3,(H,22,23). The highest BCUT2D eigenvalue weighted by Crippen LogP contribution is 2.31. The van der Waals surface area contributed by atoms with Gasteiger partial charge >= 0.3 is 5.63 Å². The number of amides is 1. The van der Waals surface area contributed by atoms with E-state index in [1.54, 1.807) is 19.1 Å². The van der Waals surface area contributed by atoms with E-state index < -0.39 is 5.63 Å². The molecule has 0 aliphatic heterocycles. The van der Waals surface area contributed by atoms with E-state index >= 15 is 0 Å². The first-order valence-electron chi connectivity index (χ1n) is 8.56. The second kappa shape index (κ2) is 8.58. The highest BCUT2D eigenvalue weighted by Gasteiger charge is 2.14. The molecule has 0 saturated heterocycles. The minimum atomic E-state index is -0.459. The first-order chi connectivity index (χ1) is 13.3. The Kier molecular flexibility index (Phi) is 6.16. The van der Waals surface area contributed by atoms with E-state index in [-0.39, 0.29) is 24.0 Å². The van der Waals surface area contributed by atoms with Crippen LogP contribution in [0.3, 0.4) is 0 Å². The number of hydrogen-bond donors (Lipinski definition) is 1. The zero-order chi connectivity index (χ0) is 20.3. The van der Waals surface area contributed by atoms with Crippen molar-refractivity contribution < 1.29 is 18.7 Å². The van der Waals surface area contributed by atoms with Gasteiger partial charge in [0.1, 0.15) is 11.3 Å². The van der Waals surface area contributed by atoms with E-state index in [1.807, 2.05) is 6.07 Å². The summed E-state index contributed by atoms with van der Waals surface area (Å²) in [6.45, 7) is 3.59. The van der Waals surface area contributed by atoms with Gasteiger partial charge in [0.2, 0.25) is 11.7 Å². The van der Waals surface area contributed by atoms with Crippen molar-refractivity contribution in [2.45, 2.75) is 20.3 Å². The molecule has 6 nitrogen and oxygen atoms in total. The number of Topliss-reactive ketones (excluding diaryl/α,β-unsaturated/α-hetero) is 1. The molecule has 0 fully saturated rings. The molecule has 146 valence electrons. The fourth-order valence-electron chi connectivity index (χ4n) is 2.67. The van der Waals surface area contributed by atoms with Crippen LogP contribution in [0.5, 0.6) is 5.75 Å². The van der Waals surface area contributed by atoms with Gasteiger partial charge in [-0.1, -0.05) is 11.6 Å². The largest absolute Gasteiger partial charge is 0.484 e. The molecule has 0 saturated carbocycles. The molecule has 3 rings (SSSR count). The topological polar surface area (TPSA) is 85.6 Å². The van der Waals surface area contributed by atoms with Crippen LogP contribution in [0, 0.1) is 6.92 Å². The van der Waals surface area contributed by atoms with E-state index in [9.17, 15) is 14.4 Å². The number of benzene rings is 1. The molecule has 0 spiro atoms. The molecule has 1 aromatic carbocycles. The molecular weight excluding hydrogens is 402 g/mol. The average molecular weight is 420 g/mol. The van der Waals surface area contributed by atoms with Crippen LogP contribution in [-0.4, -0.2) is 24.8 Å². The van der Waals surface area contributed by atoms with Gasteiger partial charge in [0.05, 0.1) is 9.90 Å². The Morgan fingerprint density at radius 3 is 2.79 bits per heavy atom. The number of thiophene rings is 1. The van der Waals surface area contributed by atoms with Crippen molar-refractivity contribution in [1.82, 2.24) is 5.32 Å². The predicted molar refractivity (Wildman–Crippen MR) is 109 cm³/mol. The van der Waals surface area contributed by atoms with Gasteiger partial charge in [-0.3, -0.25) is 9.59 Å². The maximum atomic E-state index is 12.4. The molecule has 1 N–H and O–H groups in total. The summed E-state index contributed by atoms with van der Waals surface area (Å²) in [5.41, 5.74) is 0.647. The lowest BCUT2D eigenvalue weighted by atomic mass is 10.1. The Bertz CT molecular complexity index is 1100. The molecule has 1 amide bonds. The summed E-state index contributed by atoms with van der Waals surface area (Å²) < 4.78 is 10.7. The quantitative estimate of drug-likeness (QED) is 0.465. The van der Waals surface area contributed by atoms with Crippen molar-refractivity contribution in [2.75, 3.05) is 13.2 Å². The monoisotopic (exact) mass is 419 g/mol. The molecular formula is C20H18ClNO5S. The molecule has 0 aliphatic rings. The van der Waals surface area contributed by atoms with E-state index in [4.69, 9.17) is 20.8 Å². The van der Waals surface area contributed by atoms with Crippen LogP contribution >= 0.6 is 22.9 Å². The fraction of sp³-hybridized carbons (Fsp3) is 0.250. The Hall–Kier alpha value is -2.64. The van der Waals surface area contributed by atoms with Gasteiger partial charge in [-0.05, 0) is 37.1 Å². The van der Waals surface area contributed by atoms with Gasteiger partial charge in [-0.15, -0.1) is 11.3 Å². The van der Waals surface area contributed by atoms with Gasteiger partial charge in [0.15, 0.2) is 6.61 Å². The first kappa shape index (κ1) is 20.1. The smallest absolute Gasteiger partial charge is 0.336 e. The van der Waals surface area contributed by atoms with Crippen LogP contribution in [0.15, 0.2) is 39.5 Å². The third-order valence-corrected chi connectivity index (χ3v) is 5.53. The van der Waals surface area contributed by atoms with Crippen molar-refractivity contribution in [3.05, 3.63) is 61.1 Å². The van der Waals surface area contributed by atoms with E-state index in [1.165, 1.54) is 30.4 Å². The molecule has 0 aliphatic carbocycles. The number of aryl methyl sites for hydroxylation is 1. The van der Waals surface area contributed by atoms with Crippen molar-refractivity contribution in [3.8, 4) is 5.75 Å². The Morgan fingerprint density at radius 1 is 1.25 bits per heavy atom. The molecule has 0 atom stereocenters. The minimum Gasteiger partial charge on any atom is -0.484 e. The molecule has 0 bridgehead atoms. The normalized spacial score (nSPS) is 10.8. The van der Waals surface area contributed by atoms with Gasteiger partial charge in [-0.25, -0.2) is 4.79 Å². The summed E-state index contributed by atoms with van der Waals surface area (Å²) >= 11 is 7.61. The maximum absolute atomic E-state index is 12.4. The summed E-state index contributed by atoms with van der Waals surface area (Å²) in [5.74, 6) is 0.0101. The Labute approximate surface area is 170 Å². The van der Waals surface area contributed by atoms with Gasteiger partial charge in [0.25, 0.3) is 0 Å². The lowest BCUT2D eigenvalue weighted by Crippen LogP contribution is -2.22. The molecule has 0 radical (unpaired) electrons. The Balaban J connectivity index is 1.67. The van der Waals surface area contributed by atoms with Gasteiger partial charge < -0.3 is 14.5 Å². The zero-order valence-electron chi connectivity index (χ0n) is 15.3. The number of nitrogens with one attached hydrogen (secondary N) is 1. The minimum absolute atomic E-state index is 0.0838. The highest BCUT2D eigenvalue weighted by atomic mass is 35.5. The van der Waals surface area contributed by atoms with Crippen LogP contribution in [0.25, 0.3) is 11.0 Å². The summed E-state index contributed by atoms with van der Waals surface area (Å²) in [4.78, 5) is 36.4. The number of carbonyl (C=O) groups excluding carboxylic acids is 2. The van der Waals surface area contributed by atoms with Crippen LogP contribution in [0.4, 0.5) is 0 Å². The Morgan fingerprint density at radius 2 is 2.04 bits per heavy atom. The van der Waals surface area contributed by atoms with Gasteiger partial charge in [-0.2, -0.15) is 0 Å². The van der Waals surface area contributed by atoms with Crippen molar-refractivity contribution >= 4 is 45.6 Å². The van der Waals surface area contributed by atoms with E-state index in [0.29, 0.717) is 33.8 Å². The molecule has 3 aromatic rings. The van der Waals surface area contributed by atoms with Gasteiger partial charge in [0, 0.05) is 35.9 Å². The lowest BCUT2D eigenvalue weighted by molar-refractivity contribution is -0.118. The van der Waals surface area contributed by atoms with Crippen LogP contribution in [-0.2, 0) is 11.2 Å². The third kappa shape index (κ3) is 4.79. The van der Waals surface area contributed by atoms with Crippen LogP contribution in [0.1, 0.15) is 27.0 Å². The van der Waals surface area contributed by atoms with Crippen LogP contribution in [0.2, 0.25) is 5.02 Å². The summed E-state index contributed by atoms with van der Waals surface area (Å²) in [6.07, 6.45) is 0.660. The predicted octanol–water partition coefficient (Wildman–Crippen LogP) is 3.76. The molecule has 28 heavy (non-hydrogen) atoms. The number of ketones is 1. The van der Waals surface area contributed by atoms with Crippen molar-refractivity contribution in [3.63, 3.8) is 0 Å².